The van der Waals surface area contributed by atoms with Crippen LogP contribution in [0.15, 0.2) is 42.5 Å². The van der Waals surface area contributed by atoms with E-state index in [1.54, 1.807) is 12.1 Å². The molecule has 6 nitrogen and oxygen atoms in total. The van der Waals surface area contributed by atoms with E-state index in [0.29, 0.717) is 6.07 Å². The molecule has 0 aliphatic carbocycles. The van der Waals surface area contributed by atoms with Gasteiger partial charge in [-0.25, -0.2) is 13.6 Å². The Bertz CT molecular complexity index is 743. The van der Waals surface area contributed by atoms with E-state index in [4.69, 9.17) is 10.5 Å². The number of nitrogens with one attached hydrogen (secondary N) is 1. The second kappa shape index (κ2) is 9.12. The Morgan fingerprint density at radius 2 is 1.85 bits per heavy atom. The van der Waals surface area contributed by atoms with Gasteiger partial charge in [-0.2, -0.15) is 0 Å². The number of hydrogen-bond donors (Lipinski definition) is 4. The van der Waals surface area contributed by atoms with Crippen molar-refractivity contribution in [3.05, 3.63) is 65.2 Å². The second-order valence-corrected chi connectivity index (χ2v) is 5.68. The van der Waals surface area contributed by atoms with Crippen LogP contribution in [0.25, 0.3) is 0 Å². The second-order valence-electron chi connectivity index (χ2n) is 5.68. The van der Waals surface area contributed by atoms with Crippen LogP contribution in [0.3, 0.4) is 0 Å². The van der Waals surface area contributed by atoms with E-state index < -0.39 is 29.9 Å². The van der Waals surface area contributed by atoms with Crippen LogP contribution in [0.4, 0.5) is 19.3 Å². The molecule has 0 fully saturated rings. The Balaban J connectivity index is 1.78. The fourth-order valence-corrected chi connectivity index (χ4v) is 2.27. The normalized spacial score (nSPS) is 13.1. The van der Waals surface area contributed by atoms with Gasteiger partial charge in [0.15, 0.2) is 0 Å². The van der Waals surface area contributed by atoms with E-state index in [2.05, 4.69) is 5.32 Å². The number of anilines is 1. The molecule has 2 rings (SSSR count). The van der Waals surface area contributed by atoms with Crippen LogP contribution in [-0.4, -0.2) is 29.0 Å². The molecule has 0 spiro atoms. The topological polar surface area (TPSA) is 105 Å². The number of aliphatic hydroxyl groups excluding tert-OH is 2. The molecule has 1 amide bonds. The lowest BCUT2D eigenvalue weighted by atomic mass is 10.0. The van der Waals surface area contributed by atoms with Gasteiger partial charge in [0.05, 0.1) is 11.8 Å². The molecule has 140 valence electrons. The molecule has 0 saturated heterocycles. The van der Waals surface area contributed by atoms with Crippen molar-refractivity contribution in [3.63, 3.8) is 0 Å². The number of carbonyl (C=O) groups is 1. The number of alkyl carbamates (subject to hydrolysis) is 1. The van der Waals surface area contributed by atoms with Crippen molar-refractivity contribution >= 4 is 11.8 Å². The number of amides is 1. The summed E-state index contributed by atoms with van der Waals surface area (Å²) < 4.78 is 31.8. The Kier molecular flexibility index (Phi) is 6.88. The van der Waals surface area contributed by atoms with Crippen LogP contribution in [-0.2, 0) is 11.3 Å². The fourth-order valence-electron chi connectivity index (χ4n) is 2.27. The van der Waals surface area contributed by atoms with Gasteiger partial charge in [-0.15, -0.1) is 0 Å². The standard InChI is InChI=1S/C18H20F2N2O4/c19-13-9-14(20)15(21)8-12(13)17(24)16(23)6-7-22-18(25)26-10-11-4-2-1-3-5-11/h1-5,8-9,16-17,23-24H,6-7,10,21H2,(H,22,25). The predicted molar refractivity (Wildman–Crippen MR) is 91.0 cm³/mol. The third-order valence-electron chi connectivity index (χ3n) is 3.72. The zero-order valence-electron chi connectivity index (χ0n) is 13.9. The number of nitrogen functional groups attached to an aromatic ring is 1. The number of hydrogen-bond acceptors (Lipinski definition) is 5. The number of carbonyl (C=O) groups excluding carboxylic acids is 1. The lowest BCUT2D eigenvalue weighted by Gasteiger charge is -2.19. The highest BCUT2D eigenvalue weighted by molar-refractivity contribution is 5.67. The Morgan fingerprint density at radius 3 is 2.54 bits per heavy atom. The summed E-state index contributed by atoms with van der Waals surface area (Å²) >= 11 is 0. The van der Waals surface area contributed by atoms with E-state index in [9.17, 15) is 23.8 Å². The highest BCUT2D eigenvalue weighted by atomic mass is 19.1. The zero-order chi connectivity index (χ0) is 19.1. The van der Waals surface area contributed by atoms with Gasteiger partial charge in [0.2, 0.25) is 0 Å². The average Bonchev–Trinajstić information content (AvgIpc) is 2.63. The summed E-state index contributed by atoms with van der Waals surface area (Å²) in [4.78, 5) is 11.6. The first kappa shape index (κ1) is 19.6. The molecule has 0 bridgehead atoms. The summed E-state index contributed by atoms with van der Waals surface area (Å²) in [6, 6.07) is 10.5. The number of nitrogens with two attached hydrogens (primary N) is 1. The molecule has 8 heteroatoms. The largest absolute Gasteiger partial charge is 0.445 e. The number of aliphatic hydroxyl groups is 2. The van der Waals surface area contributed by atoms with E-state index in [1.807, 2.05) is 18.2 Å². The molecule has 0 aliphatic heterocycles. The van der Waals surface area contributed by atoms with Crippen LogP contribution in [0, 0.1) is 11.6 Å². The average molecular weight is 366 g/mol. The van der Waals surface area contributed by atoms with Gasteiger partial charge in [-0.05, 0) is 18.1 Å². The molecule has 5 N–H and O–H groups in total. The number of halogens is 2. The molecule has 0 saturated carbocycles. The van der Waals surface area contributed by atoms with E-state index >= 15 is 0 Å². The van der Waals surface area contributed by atoms with E-state index in [1.165, 1.54) is 0 Å². The van der Waals surface area contributed by atoms with Crippen LogP contribution in [0.2, 0.25) is 0 Å². The smallest absolute Gasteiger partial charge is 0.407 e. The molecule has 2 atom stereocenters. The minimum absolute atomic E-state index is 0.00978. The van der Waals surface area contributed by atoms with E-state index in [0.717, 1.165) is 11.6 Å². The van der Waals surface area contributed by atoms with Crippen molar-refractivity contribution in [1.29, 1.82) is 0 Å². The van der Waals surface area contributed by atoms with Crippen molar-refractivity contribution < 1.29 is 28.5 Å². The summed E-state index contributed by atoms with van der Waals surface area (Å²) in [5, 5.41) is 22.3. The molecule has 2 aromatic carbocycles. The lowest BCUT2D eigenvalue weighted by Crippen LogP contribution is -2.30. The van der Waals surface area contributed by atoms with Crippen LogP contribution < -0.4 is 11.1 Å². The maximum Gasteiger partial charge on any atom is 0.407 e. The third kappa shape index (κ3) is 5.40. The maximum absolute atomic E-state index is 13.7. The first-order chi connectivity index (χ1) is 12.4. The number of ether oxygens (including phenoxy) is 1. The SMILES string of the molecule is Nc1cc(C(O)C(O)CCNC(=O)OCc2ccccc2)c(F)cc1F. The van der Waals surface area contributed by atoms with Gasteiger partial charge >= 0.3 is 6.09 Å². The van der Waals surface area contributed by atoms with Crippen LogP contribution in [0.5, 0.6) is 0 Å². The number of benzene rings is 2. The molecular formula is C18H20F2N2O4. The van der Waals surface area contributed by atoms with E-state index in [-0.39, 0.29) is 30.8 Å². The van der Waals surface area contributed by atoms with Gasteiger partial charge in [-0.3, -0.25) is 0 Å². The van der Waals surface area contributed by atoms with Gasteiger partial charge in [0.25, 0.3) is 0 Å². The fraction of sp³-hybridized carbons (Fsp3) is 0.278. The Morgan fingerprint density at radius 1 is 1.15 bits per heavy atom. The molecule has 2 unspecified atom stereocenters. The molecule has 0 aromatic heterocycles. The number of rotatable bonds is 7. The monoisotopic (exact) mass is 366 g/mol. The lowest BCUT2D eigenvalue weighted by molar-refractivity contribution is 0.0116. The molecule has 26 heavy (non-hydrogen) atoms. The van der Waals surface area contributed by atoms with Crippen molar-refractivity contribution in [3.8, 4) is 0 Å². The van der Waals surface area contributed by atoms with Crippen molar-refractivity contribution in [2.45, 2.75) is 25.2 Å². The van der Waals surface area contributed by atoms with Gasteiger partial charge in [-0.1, -0.05) is 30.3 Å². The molecular weight excluding hydrogens is 346 g/mol. The first-order valence-corrected chi connectivity index (χ1v) is 7.93. The Hall–Kier alpha value is -2.71. The first-order valence-electron chi connectivity index (χ1n) is 7.93. The van der Waals surface area contributed by atoms with Gasteiger partial charge in [0.1, 0.15) is 24.3 Å². The van der Waals surface area contributed by atoms with Crippen LogP contribution >= 0.6 is 0 Å². The highest BCUT2D eigenvalue weighted by Gasteiger charge is 2.23. The molecule has 0 heterocycles. The summed E-state index contributed by atoms with van der Waals surface area (Å²) in [7, 11) is 0. The quantitative estimate of drug-likeness (QED) is 0.563. The third-order valence-corrected chi connectivity index (χ3v) is 3.72. The van der Waals surface area contributed by atoms with Crippen molar-refractivity contribution in [1.82, 2.24) is 5.32 Å². The highest BCUT2D eigenvalue weighted by Crippen LogP contribution is 2.25. The van der Waals surface area contributed by atoms with Crippen molar-refractivity contribution in [2.24, 2.45) is 0 Å². The van der Waals surface area contributed by atoms with Gasteiger partial charge in [0, 0.05) is 18.2 Å². The minimum Gasteiger partial charge on any atom is -0.445 e. The van der Waals surface area contributed by atoms with Crippen LogP contribution in [0.1, 0.15) is 23.7 Å². The van der Waals surface area contributed by atoms with Gasteiger partial charge < -0.3 is 26.0 Å². The van der Waals surface area contributed by atoms with Crippen molar-refractivity contribution in [2.75, 3.05) is 12.3 Å². The Labute approximate surface area is 149 Å². The summed E-state index contributed by atoms with van der Waals surface area (Å²) in [6.45, 7) is 0.0854. The predicted octanol–water partition coefficient (Wildman–Crippen LogP) is 2.26. The zero-order valence-corrected chi connectivity index (χ0v) is 13.9. The summed E-state index contributed by atoms with van der Waals surface area (Å²) in [5.41, 5.74) is 5.51. The molecule has 2 aromatic rings. The molecule has 0 aliphatic rings. The summed E-state index contributed by atoms with van der Waals surface area (Å²) in [5.74, 6) is -1.96. The molecule has 0 radical (unpaired) electrons. The maximum atomic E-state index is 13.7. The summed E-state index contributed by atoms with van der Waals surface area (Å²) in [6.07, 6.45) is -3.75. The minimum atomic E-state index is -1.61.